The molecule has 0 aliphatic carbocycles. The Bertz CT molecular complexity index is 1310. The number of aliphatic hydroxyl groups excluding tert-OH is 1. The van der Waals surface area contributed by atoms with Gasteiger partial charge in [0.15, 0.2) is 0 Å². The monoisotopic (exact) mass is 472 g/mol. The first-order valence-electron chi connectivity index (χ1n) is 9.06. The quantitative estimate of drug-likeness (QED) is 0.257. The Hall–Kier alpha value is -2.97. The molecule has 3 aromatic carbocycles. The van der Waals surface area contributed by atoms with Gasteiger partial charge in [-0.05, 0) is 23.8 Å². The molecular formula is C22H14Cl2N2O4S. The summed E-state index contributed by atoms with van der Waals surface area (Å²) in [4.78, 5) is 24.0. The predicted octanol–water partition coefficient (Wildman–Crippen LogP) is 6.45. The number of non-ortho nitro benzene ring substituents is 1. The number of hydrogen-bond donors (Lipinski definition) is 2. The van der Waals surface area contributed by atoms with Crippen LogP contribution in [-0.2, 0) is 0 Å². The van der Waals surface area contributed by atoms with E-state index in [9.17, 15) is 20.0 Å². The fourth-order valence-electron chi connectivity index (χ4n) is 3.23. The molecule has 4 aromatic rings. The number of carbonyl (C=O) groups excluding carboxylic acids is 1. The van der Waals surface area contributed by atoms with Gasteiger partial charge in [0.1, 0.15) is 15.7 Å². The van der Waals surface area contributed by atoms with E-state index in [-0.39, 0.29) is 15.6 Å². The van der Waals surface area contributed by atoms with E-state index in [1.54, 1.807) is 48.5 Å². The molecule has 0 radical (unpaired) electrons. The zero-order valence-corrected chi connectivity index (χ0v) is 18.0. The molecular weight excluding hydrogens is 459 g/mol. The number of nitro benzene ring substituents is 1. The Kier molecular flexibility index (Phi) is 5.93. The summed E-state index contributed by atoms with van der Waals surface area (Å²) < 4.78 is 0.322. The standard InChI is InChI=1S/C22H14Cl2N2O4S/c23-13-9-10-16(15(11-13)19(27)12-5-2-1-3-6-12)25-22(28)21-18(24)14-7-4-8-17(26(29)30)20(14)31-21/h1-11,19,27H,(H,25,28)/t19-/m1/s1. The first-order chi connectivity index (χ1) is 14.9. The second kappa shape index (κ2) is 8.64. The van der Waals surface area contributed by atoms with Crippen LogP contribution in [0.1, 0.15) is 26.9 Å². The molecule has 1 aromatic heterocycles. The van der Waals surface area contributed by atoms with Crippen molar-refractivity contribution in [1.29, 1.82) is 0 Å². The fraction of sp³-hybridized carbons (Fsp3) is 0.0455. The van der Waals surface area contributed by atoms with Crippen molar-refractivity contribution in [2.24, 2.45) is 0 Å². The Morgan fingerprint density at radius 3 is 2.52 bits per heavy atom. The zero-order chi connectivity index (χ0) is 22.1. The maximum atomic E-state index is 13.0. The molecule has 0 bridgehead atoms. The highest BCUT2D eigenvalue weighted by atomic mass is 35.5. The van der Waals surface area contributed by atoms with Crippen LogP contribution in [0.2, 0.25) is 10.0 Å². The average molecular weight is 473 g/mol. The van der Waals surface area contributed by atoms with Crippen LogP contribution in [0.25, 0.3) is 10.1 Å². The molecule has 0 aliphatic heterocycles. The van der Waals surface area contributed by atoms with Crippen LogP contribution in [0, 0.1) is 10.1 Å². The number of thiophene rings is 1. The lowest BCUT2D eigenvalue weighted by molar-refractivity contribution is -0.382. The van der Waals surface area contributed by atoms with E-state index in [4.69, 9.17) is 23.2 Å². The Morgan fingerprint density at radius 1 is 1.06 bits per heavy atom. The molecule has 0 saturated carbocycles. The molecule has 0 unspecified atom stereocenters. The van der Waals surface area contributed by atoms with Gasteiger partial charge in [0.05, 0.1) is 9.95 Å². The Labute approximate surface area is 190 Å². The molecule has 0 aliphatic rings. The van der Waals surface area contributed by atoms with Gasteiger partial charge in [-0.1, -0.05) is 65.7 Å². The van der Waals surface area contributed by atoms with Crippen LogP contribution in [0.4, 0.5) is 11.4 Å². The highest BCUT2D eigenvalue weighted by Crippen LogP contribution is 2.41. The van der Waals surface area contributed by atoms with Crippen LogP contribution in [-0.4, -0.2) is 15.9 Å². The number of rotatable bonds is 5. The minimum absolute atomic E-state index is 0.116. The minimum Gasteiger partial charge on any atom is -0.384 e. The largest absolute Gasteiger partial charge is 0.384 e. The van der Waals surface area contributed by atoms with Crippen molar-refractivity contribution < 1.29 is 14.8 Å². The van der Waals surface area contributed by atoms with E-state index in [0.717, 1.165) is 11.3 Å². The second-order valence-corrected chi connectivity index (χ2v) is 8.49. The molecule has 1 heterocycles. The third-order valence-corrected chi connectivity index (χ3v) is 6.68. The average Bonchev–Trinajstić information content (AvgIpc) is 3.11. The summed E-state index contributed by atoms with van der Waals surface area (Å²) in [5.74, 6) is -0.538. The molecule has 1 amide bonds. The summed E-state index contributed by atoms with van der Waals surface area (Å²) in [6, 6.07) is 18.2. The van der Waals surface area contributed by atoms with Gasteiger partial charge in [-0.2, -0.15) is 0 Å². The summed E-state index contributed by atoms with van der Waals surface area (Å²) in [6.45, 7) is 0. The molecule has 0 saturated heterocycles. The second-order valence-electron chi connectivity index (χ2n) is 6.66. The normalized spacial score (nSPS) is 12.0. The first-order valence-corrected chi connectivity index (χ1v) is 10.6. The van der Waals surface area contributed by atoms with Gasteiger partial charge in [0, 0.05) is 27.7 Å². The summed E-state index contributed by atoms with van der Waals surface area (Å²) >= 11 is 13.4. The van der Waals surface area contributed by atoms with Crippen molar-refractivity contribution in [2.45, 2.75) is 6.10 Å². The van der Waals surface area contributed by atoms with Crippen molar-refractivity contribution >= 4 is 61.9 Å². The smallest absolute Gasteiger partial charge is 0.287 e. The lowest BCUT2D eigenvalue weighted by Gasteiger charge is -2.17. The van der Waals surface area contributed by atoms with Gasteiger partial charge in [-0.25, -0.2) is 0 Å². The Balaban J connectivity index is 1.72. The van der Waals surface area contributed by atoms with E-state index in [2.05, 4.69) is 5.32 Å². The molecule has 4 rings (SSSR count). The number of amides is 1. The molecule has 1 atom stereocenters. The number of hydrogen-bond acceptors (Lipinski definition) is 5. The highest BCUT2D eigenvalue weighted by Gasteiger charge is 2.24. The van der Waals surface area contributed by atoms with Gasteiger partial charge in [0.2, 0.25) is 0 Å². The van der Waals surface area contributed by atoms with Crippen molar-refractivity contribution in [3.63, 3.8) is 0 Å². The van der Waals surface area contributed by atoms with Crippen LogP contribution < -0.4 is 5.32 Å². The summed E-state index contributed by atoms with van der Waals surface area (Å²) in [5.41, 5.74) is 1.29. The van der Waals surface area contributed by atoms with Crippen LogP contribution in [0.15, 0.2) is 66.7 Å². The predicted molar refractivity (Wildman–Crippen MR) is 123 cm³/mol. The lowest BCUT2D eigenvalue weighted by atomic mass is 10.00. The number of nitro groups is 1. The van der Waals surface area contributed by atoms with Gasteiger partial charge < -0.3 is 10.4 Å². The van der Waals surface area contributed by atoms with Crippen molar-refractivity contribution in [3.05, 3.63) is 103 Å². The van der Waals surface area contributed by atoms with Gasteiger partial charge in [-0.3, -0.25) is 14.9 Å². The maximum absolute atomic E-state index is 13.0. The number of nitrogens with one attached hydrogen (secondary N) is 1. The van der Waals surface area contributed by atoms with Crippen LogP contribution in [0.3, 0.4) is 0 Å². The number of nitrogens with zero attached hydrogens (tertiary/aromatic N) is 1. The first kappa shape index (κ1) is 21.3. The zero-order valence-electron chi connectivity index (χ0n) is 15.7. The van der Waals surface area contributed by atoms with Gasteiger partial charge in [0.25, 0.3) is 11.6 Å². The number of halogens is 2. The van der Waals surface area contributed by atoms with Crippen molar-refractivity contribution in [2.75, 3.05) is 5.32 Å². The molecule has 9 heteroatoms. The number of aliphatic hydroxyl groups is 1. The van der Waals surface area contributed by atoms with Crippen LogP contribution >= 0.6 is 34.5 Å². The number of fused-ring (bicyclic) bond motifs is 1. The third-order valence-electron chi connectivity index (χ3n) is 4.71. The summed E-state index contributed by atoms with van der Waals surface area (Å²) in [7, 11) is 0. The summed E-state index contributed by atoms with van der Waals surface area (Å²) in [6.07, 6.45) is -1.02. The minimum atomic E-state index is -1.02. The van der Waals surface area contributed by atoms with E-state index in [1.165, 1.54) is 12.1 Å². The van der Waals surface area contributed by atoms with E-state index in [0.29, 0.717) is 31.9 Å². The fourth-order valence-corrected chi connectivity index (χ4v) is 4.90. The third kappa shape index (κ3) is 4.13. The Morgan fingerprint density at radius 2 is 1.81 bits per heavy atom. The van der Waals surface area contributed by atoms with Crippen molar-refractivity contribution in [1.82, 2.24) is 0 Å². The maximum Gasteiger partial charge on any atom is 0.287 e. The SMILES string of the molecule is O=C(Nc1ccc(Cl)cc1[C@H](O)c1ccccc1)c1sc2c([N+](=O)[O-])cccc2c1Cl. The van der Waals surface area contributed by atoms with Gasteiger partial charge >= 0.3 is 0 Å². The van der Waals surface area contributed by atoms with E-state index in [1.807, 2.05) is 6.07 Å². The molecule has 6 nitrogen and oxygen atoms in total. The summed E-state index contributed by atoms with van der Waals surface area (Å²) in [5, 5.41) is 25.9. The highest BCUT2D eigenvalue weighted by molar-refractivity contribution is 7.22. The number of anilines is 1. The molecule has 156 valence electrons. The number of benzene rings is 3. The molecule has 0 fully saturated rings. The number of carbonyl (C=O) groups is 1. The molecule has 31 heavy (non-hydrogen) atoms. The van der Waals surface area contributed by atoms with Crippen molar-refractivity contribution in [3.8, 4) is 0 Å². The molecule has 0 spiro atoms. The topological polar surface area (TPSA) is 92.5 Å². The lowest BCUT2D eigenvalue weighted by Crippen LogP contribution is -2.14. The van der Waals surface area contributed by atoms with E-state index < -0.39 is 16.9 Å². The van der Waals surface area contributed by atoms with Crippen LogP contribution in [0.5, 0.6) is 0 Å². The molecule has 2 N–H and O–H groups in total. The van der Waals surface area contributed by atoms with Gasteiger partial charge in [-0.15, -0.1) is 11.3 Å². The van der Waals surface area contributed by atoms with E-state index >= 15 is 0 Å².